The predicted octanol–water partition coefficient (Wildman–Crippen LogP) is 1.96. The third-order valence-corrected chi connectivity index (χ3v) is 4.70. The number of nitrogens with one attached hydrogen (secondary N) is 1. The Bertz CT molecular complexity index is 527. The summed E-state index contributed by atoms with van der Waals surface area (Å²) in [5, 5.41) is 17.6. The fourth-order valence-corrected chi connectivity index (χ4v) is 2.96. The van der Waals surface area contributed by atoms with Crippen LogP contribution < -0.4 is 5.32 Å². The van der Waals surface area contributed by atoms with E-state index < -0.39 is 0 Å². The van der Waals surface area contributed by atoms with Gasteiger partial charge >= 0.3 is 0 Å². The van der Waals surface area contributed by atoms with Crippen LogP contribution in [0.4, 0.5) is 0 Å². The Morgan fingerprint density at radius 2 is 2.32 bits per heavy atom. The van der Waals surface area contributed by atoms with Gasteiger partial charge in [-0.05, 0) is 34.7 Å². The molecule has 1 aliphatic carbocycles. The zero-order chi connectivity index (χ0) is 13.3. The molecule has 0 unspecified atom stereocenters. The van der Waals surface area contributed by atoms with Gasteiger partial charge in [0, 0.05) is 16.3 Å². The molecule has 0 atom stereocenters. The van der Waals surface area contributed by atoms with Crippen LogP contribution in [0.2, 0.25) is 0 Å². The minimum absolute atomic E-state index is 0.0534. The summed E-state index contributed by atoms with van der Waals surface area (Å²) >= 11 is 1.79. The second-order valence-corrected chi connectivity index (χ2v) is 6.72. The molecule has 1 N–H and O–H groups in total. The van der Waals surface area contributed by atoms with E-state index >= 15 is 0 Å². The smallest absolute Gasteiger partial charge is 0.165 e. The average Bonchev–Trinajstić information content (AvgIpc) is 2.88. The lowest BCUT2D eigenvalue weighted by molar-refractivity contribution is 0.394. The van der Waals surface area contributed by atoms with Crippen molar-refractivity contribution in [3.05, 3.63) is 28.2 Å². The summed E-state index contributed by atoms with van der Waals surface area (Å²) in [5.74, 6) is 0.927. The van der Waals surface area contributed by atoms with Crippen LogP contribution in [-0.4, -0.2) is 26.2 Å². The Hall–Kier alpha value is -1.27. The van der Waals surface area contributed by atoms with Gasteiger partial charge in [-0.3, -0.25) is 0 Å². The molecule has 0 aliphatic heterocycles. The van der Waals surface area contributed by atoms with Gasteiger partial charge in [-0.15, -0.1) is 16.4 Å². The van der Waals surface area contributed by atoms with Gasteiger partial charge in [0.15, 0.2) is 5.82 Å². The van der Waals surface area contributed by atoms with E-state index in [2.05, 4.69) is 52.2 Å². The summed E-state index contributed by atoms with van der Waals surface area (Å²) < 4.78 is 1.93. The van der Waals surface area contributed by atoms with Gasteiger partial charge in [-0.1, -0.05) is 19.9 Å². The first-order chi connectivity index (χ1) is 9.15. The Balaban J connectivity index is 1.70. The summed E-state index contributed by atoms with van der Waals surface area (Å²) in [6.45, 7) is 6.04. The number of thiophene rings is 1. The molecule has 19 heavy (non-hydrogen) atoms. The second kappa shape index (κ2) is 5.02. The van der Waals surface area contributed by atoms with Crippen LogP contribution in [-0.2, 0) is 18.5 Å². The van der Waals surface area contributed by atoms with Crippen LogP contribution in [0.15, 0.2) is 17.5 Å². The van der Waals surface area contributed by atoms with E-state index in [-0.39, 0.29) is 5.41 Å². The van der Waals surface area contributed by atoms with E-state index in [0.717, 1.165) is 18.9 Å². The van der Waals surface area contributed by atoms with Crippen LogP contribution in [0.25, 0.3) is 0 Å². The fraction of sp³-hybridized carbons (Fsp3) is 0.615. The lowest BCUT2D eigenvalue weighted by Crippen LogP contribution is -2.27. The van der Waals surface area contributed by atoms with E-state index in [9.17, 15) is 0 Å². The molecular formula is C13H19N5S. The lowest BCUT2D eigenvalue weighted by atomic mass is 9.91. The number of nitrogens with zero attached hydrogens (tertiary/aromatic N) is 4. The number of tetrazole rings is 1. The van der Waals surface area contributed by atoms with Gasteiger partial charge in [0.2, 0.25) is 0 Å². The molecular weight excluding hydrogens is 258 g/mol. The highest BCUT2D eigenvalue weighted by atomic mass is 32.1. The van der Waals surface area contributed by atoms with Crippen molar-refractivity contribution in [2.75, 3.05) is 0 Å². The Labute approximate surface area is 117 Å². The van der Waals surface area contributed by atoms with Crippen molar-refractivity contribution in [3.8, 4) is 0 Å². The topological polar surface area (TPSA) is 55.6 Å². The minimum atomic E-state index is 0.0534. The van der Waals surface area contributed by atoms with Crippen molar-refractivity contribution < 1.29 is 0 Å². The Morgan fingerprint density at radius 1 is 1.47 bits per heavy atom. The van der Waals surface area contributed by atoms with Crippen molar-refractivity contribution in [2.45, 2.75) is 51.2 Å². The summed E-state index contributed by atoms with van der Waals surface area (Å²) in [5.41, 5.74) is 0.0534. The molecule has 0 saturated heterocycles. The summed E-state index contributed by atoms with van der Waals surface area (Å²) in [6, 6.07) is 4.95. The highest BCUT2D eigenvalue weighted by molar-refractivity contribution is 7.10. The summed E-state index contributed by atoms with van der Waals surface area (Å²) in [4.78, 5) is 1.36. The number of aromatic nitrogens is 4. The van der Waals surface area contributed by atoms with Crippen LogP contribution in [0.5, 0.6) is 0 Å². The Morgan fingerprint density at radius 3 is 3.00 bits per heavy atom. The second-order valence-electron chi connectivity index (χ2n) is 5.77. The van der Waals surface area contributed by atoms with Crippen molar-refractivity contribution in [3.63, 3.8) is 0 Å². The largest absolute Gasteiger partial charge is 0.307 e. The van der Waals surface area contributed by atoms with Gasteiger partial charge in [0.05, 0.1) is 13.1 Å². The van der Waals surface area contributed by atoms with E-state index in [0.29, 0.717) is 6.04 Å². The van der Waals surface area contributed by atoms with Crippen LogP contribution in [0.3, 0.4) is 0 Å². The standard InChI is InChI=1S/C13H19N5S/c1-13(2,11-4-3-7-19-11)9-18-12(15-16-17-18)8-14-10-5-6-10/h3-4,7,10,14H,5-6,8-9H2,1-2H3. The van der Waals surface area contributed by atoms with Gasteiger partial charge in [-0.25, -0.2) is 4.68 Å². The first kappa shape index (κ1) is 12.7. The lowest BCUT2D eigenvalue weighted by Gasteiger charge is -2.23. The number of rotatable bonds is 6. The van der Waals surface area contributed by atoms with Crippen molar-refractivity contribution in [2.24, 2.45) is 0 Å². The molecule has 0 bridgehead atoms. The Kier molecular flexibility index (Phi) is 3.36. The van der Waals surface area contributed by atoms with Gasteiger partial charge < -0.3 is 5.32 Å². The summed E-state index contributed by atoms with van der Waals surface area (Å²) in [6.07, 6.45) is 2.56. The van der Waals surface area contributed by atoms with Gasteiger partial charge in [-0.2, -0.15) is 0 Å². The van der Waals surface area contributed by atoms with Gasteiger partial charge in [0.1, 0.15) is 0 Å². The molecule has 1 aliphatic rings. The molecule has 6 heteroatoms. The SMILES string of the molecule is CC(C)(Cn1nnnc1CNC1CC1)c1cccs1. The van der Waals surface area contributed by atoms with E-state index in [1.54, 1.807) is 11.3 Å². The van der Waals surface area contributed by atoms with E-state index in [4.69, 9.17) is 0 Å². The molecule has 0 amide bonds. The number of hydrogen-bond donors (Lipinski definition) is 1. The van der Waals surface area contributed by atoms with E-state index in [1.165, 1.54) is 17.7 Å². The fourth-order valence-electron chi connectivity index (χ4n) is 2.11. The maximum Gasteiger partial charge on any atom is 0.165 e. The first-order valence-corrected chi connectivity index (χ1v) is 7.55. The molecule has 0 aromatic carbocycles. The molecule has 102 valence electrons. The van der Waals surface area contributed by atoms with Crippen LogP contribution >= 0.6 is 11.3 Å². The normalized spacial score (nSPS) is 15.9. The quantitative estimate of drug-likeness (QED) is 0.877. The molecule has 0 spiro atoms. The van der Waals surface area contributed by atoms with Crippen molar-refractivity contribution >= 4 is 11.3 Å². The van der Waals surface area contributed by atoms with Crippen molar-refractivity contribution in [1.82, 2.24) is 25.5 Å². The average molecular weight is 277 g/mol. The monoisotopic (exact) mass is 277 g/mol. The van der Waals surface area contributed by atoms with Gasteiger partial charge in [0.25, 0.3) is 0 Å². The van der Waals surface area contributed by atoms with E-state index in [1.807, 2.05) is 4.68 Å². The molecule has 2 aromatic heterocycles. The first-order valence-electron chi connectivity index (χ1n) is 6.67. The zero-order valence-corrected chi connectivity index (χ0v) is 12.2. The van der Waals surface area contributed by atoms with Crippen molar-refractivity contribution in [1.29, 1.82) is 0 Å². The highest BCUT2D eigenvalue weighted by Crippen LogP contribution is 2.29. The molecule has 3 rings (SSSR count). The molecule has 0 radical (unpaired) electrons. The third kappa shape index (κ3) is 3.01. The number of hydrogen-bond acceptors (Lipinski definition) is 5. The zero-order valence-electron chi connectivity index (χ0n) is 11.3. The van der Waals surface area contributed by atoms with Crippen LogP contribution in [0, 0.1) is 0 Å². The van der Waals surface area contributed by atoms with Crippen LogP contribution in [0.1, 0.15) is 37.4 Å². The predicted molar refractivity (Wildman–Crippen MR) is 75.0 cm³/mol. The molecule has 2 heterocycles. The summed E-state index contributed by atoms with van der Waals surface area (Å²) in [7, 11) is 0. The molecule has 1 saturated carbocycles. The minimum Gasteiger partial charge on any atom is -0.307 e. The molecule has 1 fully saturated rings. The molecule has 2 aromatic rings. The third-order valence-electron chi connectivity index (χ3n) is 3.47. The molecule has 5 nitrogen and oxygen atoms in total. The highest BCUT2D eigenvalue weighted by Gasteiger charge is 2.25. The maximum atomic E-state index is 4.13. The maximum absolute atomic E-state index is 4.13.